The number of aliphatic hydroxyl groups is 3. The van der Waals surface area contributed by atoms with Gasteiger partial charge in [0.05, 0.1) is 6.61 Å². The zero-order valence-electron chi connectivity index (χ0n) is 11.4. The molecule has 4 atom stereocenters. The van der Waals surface area contributed by atoms with E-state index in [1.807, 2.05) is 0 Å². The van der Waals surface area contributed by atoms with Crippen molar-refractivity contribution in [2.75, 3.05) is 12.3 Å². The number of rotatable bonds is 3. The van der Waals surface area contributed by atoms with Crippen molar-refractivity contribution in [2.24, 2.45) is 0 Å². The van der Waals surface area contributed by atoms with Crippen LogP contribution in [0.1, 0.15) is 25.3 Å². The fraction of sp³-hybridized carbons (Fsp3) is 0.667. The summed E-state index contributed by atoms with van der Waals surface area (Å²) < 4.78 is 6.71. The van der Waals surface area contributed by atoms with Crippen molar-refractivity contribution in [3.05, 3.63) is 22.2 Å². The van der Waals surface area contributed by atoms with Crippen molar-refractivity contribution < 1.29 is 20.1 Å². The molecule has 1 aromatic rings. The number of aryl methyl sites for hydroxylation is 1. The number of aromatic nitrogens is 2. The Morgan fingerprint density at radius 3 is 2.65 bits per heavy atom. The summed E-state index contributed by atoms with van der Waals surface area (Å²) in [5, 5.41) is 29.6. The summed E-state index contributed by atoms with van der Waals surface area (Å²) in [7, 11) is 0. The largest absolute Gasteiger partial charge is 0.393 e. The minimum absolute atomic E-state index is 0.0701. The first-order valence-electron chi connectivity index (χ1n) is 6.36. The molecule has 2 heterocycles. The first kappa shape index (κ1) is 14.9. The van der Waals surface area contributed by atoms with Crippen LogP contribution in [0.5, 0.6) is 0 Å². The third-order valence-electron chi connectivity index (χ3n) is 3.80. The molecule has 2 rings (SSSR count). The molecule has 1 aromatic heterocycles. The van der Waals surface area contributed by atoms with Gasteiger partial charge < -0.3 is 25.8 Å². The number of ether oxygens (including phenoxy) is 1. The number of nitrogens with zero attached hydrogens (tertiary/aromatic N) is 2. The van der Waals surface area contributed by atoms with E-state index in [-0.39, 0.29) is 12.2 Å². The van der Waals surface area contributed by atoms with Gasteiger partial charge in [0.1, 0.15) is 23.6 Å². The molecule has 1 aliphatic heterocycles. The van der Waals surface area contributed by atoms with Gasteiger partial charge in [-0.05, 0) is 19.4 Å². The van der Waals surface area contributed by atoms with E-state index >= 15 is 0 Å². The quantitative estimate of drug-likeness (QED) is 0.533. The van der Waals surface area contributed by atoms with Gasteiger partial charge in [-0.25, -0.2) is 4.79 Å². The zero-order valence-corrected chi connectivity index (χ0v) is 11.4. The molecule has 0 amide bonds. The van der Waals surface area contributed by atoms with Gasteiger partial charge in [0, 0.05) is 5.69 Å². The Bertz CT molecular complexity index is 555. The second kappa shape index (κ2) is 5.13. The van der Waals surface area contributed by atoms with Crippen molar-refractivity contribution >= 4 is 5.82 Å². The summed E-state index contributed by atoms with van der Waals surface area (Å²) in [6.45, 7) is 2.87. The Morgan fingerprint density at radius 2 is 2.20 bits per heavy atom. The van der Waals surface area contributed by atoms with Crippen LogP contribution in [0.15, 0.2) is 10.9 Å². The van der Waals surface area contributed by atoms with Gasteiger partial charge in [-0.1, -0.05) is 6.92 Å². The number of hydrogen-bond acceptors (Lipinski definition) is 7. The zero-order chi connectivity index (χ0) is 15.1. The predicted molar refractivity (Wildman–Crippen MR) is 69.9 cm³/mol. The Kier molecular flexibility index (Phi) is 3.83. The summed E-state index contributed by atoms with van der Waals surface area (Å²) in [5.74, 6) is 0.0701. The fourth-order valence-electron chi connectivity index (χ4n) is 2.53. The molecule has 8 nitrogen and oxygen atoms in total. The van der Waals surface area contributed by atoms with Gasteiger partial charge in [-0.2, -0.15) is 4.98 Å². The highest BCUT2D eigenvalue weighted by molar-refractivity contribution is 5.28. The molecule has 0 aliphatic carbocycles. The first-order valence-corrected chi connectivity index (χ1v) is 6.36. The van der Waals surface area contributed by atoms with Crippen LogP contribution in [-0.4, -0.2) is 49.3 Å². The van der Waals surface area contributed by atoms with E-state index < -0.39 is 36.3 Å². The van der Waals surface area contributed by atoms with Gasteiger partial charge in [0.25, 0.3) is 0 Å². The number of nitrogen functional groups attached to an aromatic ring is 1. The Balaban J connectivity index is 2.48. The van der Waals surface area contributed by atoms with Crippen molar-refractivity contribution in [3.8, 4) is 0 Å². The molecule has 20 heavy (non-hydrogen) atoms. The Labute approximate surface area is 115 Å². The molecular formula is C12H19N3O5. The summed E-state index contributed by atoms with van der Waals surface area (Å²) >= 11 is 0. The van der Waals surface area contributed by atoms with Crippen LogP contribution in [0.25, 0.3) is 0 Å². The lowest BCUT2D eigenvalue weighted by Gasteiger charge is -2.28. The van der Waals surface area contributed by atoms with E-state index in [0.29, 0.717) is 5.69 Å². The summed E-state index contributed by atoms with van der Waals surface area (Å²) in [5.41, 5.74) is 3.95. The second-order valence-corrected chi connectivity index (χ2v) is 5.00. The molecule has 0 radical (unpaired) electrons. The second-order valence-electron chi connectivity index (χ2n) is 5.00. The highest BCUT2D eigenvalue weighted by Gasteiger charge is 2.54. The van der Waals surface area contributed by atoms with Crippen LogP contribution < -0.4 is 11.4 Å². The minimum Gasteiger partial charge on any atom is -0.393 e. The summed E-state index contributed by atoms with van der Waals surface area (Å²) in [6, 6.07) is 1.47. The van der Waals surface area contributed by atoms with Crippen molar-refractivity contribution in [1.82, 2.24) is 9.55 Å². The van der Waals surface area contributed by atoms with Crippen molar-refractivity contribution in [3.63, 3.8) is 0 Å². The van der Waals surface area contributed by atoms with E-state index in [1.165, 1.54) is 6.07 Å². The maximum absolute atomic E-state index is 11.9. The van der Waals surface area contributed by atoms with E-state index in [2.05, 4.69) is 4.98 Å². The average Bonchev–Trinajstić information content (AvgIpc) is 2.63. The molecule has 0 bridgehead atoms. The van der Waals surface area contributed by atoms with Gasteiger partial charge in [-0.3, -0.25) is 4.57 Å². The molecule has 0 aromatic carbocycles. The minimum atomic E-state index is -1.34. The fourth-order valence-corrected chi connectivity index (χ4v) is 2.53. The maximum atomic E-state index is 11.9. The van der Waals surface area contributed by atoms with Crippen molar-refractivity contribution in [1.29, 1.82) is 0 Å². The monoisotopic (exact) mass is 285 g/mol. The molecule has 1 fully saturated rings. The van der Waals surface area contributed by atoms with Crippen LogP contribution in [0, 0.1) is 6.92 Å². The molecular weight excluding hydrogens is 266 g/mol. The molecule has 0 unspecified atom stereocenters. The van der Waals surface area contributed by atoms with Gasteiger partial charge in [0.2, 0.25) is 0 Å². The van der Waals surface area contributed by atoms with E-state index in [0.717, 1.165) is 4.57 Å². The normalized spacial score (nSPS) is 33.5. The molecule has 112 valence electrons. The van der Waals surface area contributed by atoms with Crippen molar-refractivity contribution in [2.45, 2.75) is 44.3 Å². The Hall–Kier alpha value is -1.48. The third kappa shape index (κ3) is 2.10. The van der Waals surface area contributed by atoms with Gasteiger partial charge >= 0.3 is 5.69 Å². The van der Waals surface area contributed by atoms with Crippen LogP contribution in [0.3, 0.4) is 0 Å². The summed E-state index contributed by atoms with van der Waals surface area (Å²) in [4.78, 5) is 15.5. The smallest absolute Gasteiger partial charge is 0.351 e. The number of aliphatic hydroxyl groups excluding tert-OH is 3. The molecule has 5 N–H and O–H groups in total. The molecule has 1 saturated heterocycles. The number of hydrogen-bond donors (Lipinski definition) is 4. The maximum Gasteiger partial charge on any atom is 0.351 e. The number of nitrogens with two attached hydrogens (primary N) is 1. The first-order chi connectivity index (χ1) is 9.36. The van der Waals surface area contributed by atoms with Crippen LogP contribution in [0.2, 0.25) is 0 Å². The van der Waals surface area contributed by atoms with E-state index in [4.69, 9.17) is 10.5 Å². The van der Waals surface area contributed by atoms with E-state index in [1.54, 1.807) is 13.8 Å². The van der Waals surface area contributed by atoms with Crippen LogP contribution >= 0.6 is 0 Å². The molecule has 0 spiro atoms. The van der Waals surface area contributed by atoms with Crippen LogP contribution in [0.4, 0.5) is 5.82 Å². The molecule has 8 heteroatoms. The van der Waals surface area contributed by atoms with Gasteiger partial charge in [0.15, 0.2) is 6.23 Å². The summed E-state index contributed by atoms with van der Waals surface area (Å²) in [6.07, 6.45) is -3.47. The standard InChI is InChI=1S/C12H19N3O5/c1-3-12(5-16)9(18)8(17)10(20-12)15-6(2)4-7(13)14-11(15)19/h4,8-10,16-18H,3,5H2,1-2H3,(H2,13,14,19)/t8-,9+,10-,12-/m1/s1. The van der Waals surface area contributed by atoms with Gasteiger partial charge in [-0.15, -0.1) is 0 Å². The topological polar surface area (TPSA) is 131 Å². The highest BCUT2D eigenvalue weighted by Crippen LogP contribution is 2.38. The lowest BCUT2D eigenvalue weighted by molar-refractivity contribution is -0.131. The SMILES string of the molecule is CC[C@]1(CO)O[C@@H](n2c(C)cc(N)nc2=O)[C@H](O)[C@@H]1O. The number of anilines is 1. The lowest BCUT2D eigenvalue weighted by Crippen LogP contribution is -2.45. The average molecular weight is 285 g/mol. The van der Waals surface area contributed by atoms with Crippen LogP contribution in [-0.2, 0) is 4.74 Å². The predicted octanol–water partition coefficient (Wildman–Crippen LogP) is -1.47. The molecule has 1 aliphatic rings. The highest BCUT2D eigenvalue weighted by atomic mass is 16.6. The van der Waals surface area contributed by atoms with E-state index in [9.17, 15) is 20.1 Å². The Morgan fingerprint density at radius 1 is 1.55 bits per heavy atom. The third-order valence-corrected chi connectivity index (χ3v) is 3.80. The molecule has 0 saturated carbocycles. The lowest BCUT2D eigenvalue weighted by atomic mass is 9.93.